The zero-order valence-corrected chi connectivity index (χ0v) is 16.4. The standard InChI is InChI=1S/C22H30O5/c1-14(2)3-4-25-20-13-26-18(8-19(20)23)12-27-21(24)22-9-15-5-16(10-22)7-17(6-15)11-22/h8,13-17H,3-7,9-12H2,1-2H3. The number of esters is 1. The average molecular weight is 374 g/mol. The highest BCUT2D eigenvalue weighted by Crippen LogP contribution is 2.60. The second kappa shape index (κ2) is 7.33. The van der Waals surface area contributed by atoms with Gasteiger partial charge in [-0.2, -0.15) is 0 Å². The normalized spacial score (nSPS) is 31.3. The summed E-state index contributed by atoms with van der Waals surface area (Å²) in [6.07, 6.45) is 9.01. The molecule has 4 fully saturated rings. The van der Waals surface area contributed by atoms with E-state index in [9.17, 15) is 9.59 Å². The Kier molecular flexibility index (Phi) is 5.04. The quantitative estimate of drug-likeness (QED) is 0.665. The lowest BCUT2D eigenvalue weighted by molar-refractivity contribution is -0.173. The first-order chi connectivity index (χ1) is 12.9. The number of hydrogen-bond donors (Lipinski definition) is 0. The van der Waals surface area contributed by atoms with E-state index in [1.54, 1.807) is 0 Å². The van der Waals surface area contributed by atoms with Gasteiger partial charge in [0.2, 0.25) is 11.2 Å². The van der Waals surface area contributed by atoms with Gasteiger partial charge in [0.05, 0.1) is 12.0 Å². The van der Waals surface area contributed by atoms with Crippen molar-refractivity contribution in [1.82, 2.24) is 0 Å². The zero-order chi connectivity index (χ0) is 19.0. The van der Waals surface area contributed by atoms with Gasteiger partial charge in [-0.05, 0) is 68.6 Å². The predicted octanol–water partition coefficient (Wildman–Crippen LogP) is 4.32. The minimum absolute atomic E-state index is 0.0160. The smallest absolute Gasteiger partial charge is 0.312 e. The molecule has 4 bridgehead atoms. The molecule has 0 radical (unpaired) electrons. The number of rotatable bonds is 7. The summed E-state index contributed by atoms with van der Waals surface area (Å²) in [4.78, 5) is 25.0. The van der Waals surface area contributed by atoms with Crippen LogP contribution < -0.4 is 10.2 Å². The van der Waals surface area contributed by atoms with Crippen LogP contribution in [0.1, 0.15) is 64.6 Å². The summed E-state index contributed by atoms with van der Waals surface area (Å²) in [5, 5.41) is 0. The first kappa shape index (κ1) is 18.6. The summed E-state index contributed by atoms with van der Waals surface area (Å²) in [5.41, 5.74) is -0.513. The third-order valence-electron chi connectivity index (χ3n) is 6.62. The fourth-order valence-corrected chi connectivity index (χ4v) is 5.67. The van der Waals surface area contributed by atoms with E-state index in [0.29, 0.717) is 36.0 Å². The fraction of sp³-hybridized carbons (Fsp3) is 0.727. The van der Waals surface area contributed by atoms with Crippen LogP contribution in [0.25, 0.3) is 0 Å². The van der Waals surface area contributed by atoms with Crippen LogP contribution >= 0.6 is 0 Å². The van der Waals surface area contributed by atoms with E-state index in [1.165, 1.54) is 31.6 Å². The van der Waals surface area contributed by atoms with Crippen molar-refractivity contribution in [3.8, 4) is 5.75 Å². The maximum absolute atomic E-state index is 12.9. The summed E-state index contributed by atoms with van der Waals surface area (Å²) in [6.45, 7) is 4.71. The summed E-state index contributed by atoms with van der Waals surface area (Å²) in [6, 6.07) is 1.37. The number of ether oxygens (including phenoxy) is 2. The van der Waals surface area contributed by atoms with Gasteiger partial charge in [-0.25, -0.2) is 0 Å². The molecule has 1 heterocycles. The molecule has 0 spiro atoms. The van der Waals surface area contributed by atoms with E-state index >= 15 is 0 Å². The maximum Gasteiger partial charge on any atom is 0.312 e. The van der Waals surface area contributed by atoms with Crippen LogP contribution in [0, 0.1) is 29.1 Å². The van der Waals surface area contributed by atoms with Gasteiger partial charge in [0, 0.05) is 6.07 Å². The molecule has 5 nitrogen and oxygen atoms in total. The Balaban J connectivity index is 1.34. The summed E-state index contributed by atoms with van der Waals surface area (Å²) in [5.74, 6) is 3.10. The Bertz CT molecular complexity index is 712. The van der Waals surface area contributed by atoms with E-state index in [0.717, 1.165) is 25.7 Å². The molecule has 0 saturated heterocycles. The van der Waals surface area contributed by atoms with Crippen molar-refractivity contribution in [3.05, 3.63) is 28.3 Å². The lowest BCUT2D eigenvalue weighted by atomic mass is 9.49. The molecule has 0 N–H and O–H groups in total. The van der Waals surface area contributed by atoms with E-state index in [-0.39, 0.29) is 29.2 Å². The van der Waals surface area contributed by atoms with Crippen LogP contribution in [0.5, 0.6) is 5.75 Å². The fourth-order valence-electron chi connectivity index (χ4n) is 5.67. The van der Waals surface area contributed by atoms with Crippen LogP contribution in [0.4, 0.5) is 0 Å². The molecule has 0 aliphatic heterocycles. The molecule has 1 aromatic heterocycles. The molecule has 4 aliphatic rings. The van der Waals surface area contributed by atoms with Gasteiger partial charge in [-0.3, -0.25) is 9.59 Å². The lowest BCUT2D eigenvalue weighted by Crippen LogP contribution is -2.50. The van der Waals surface area contributed by atoms with Crippen molar-refractivity contribution in [2.24, 2.45) is 29.1 Å². The average Bonchev–Trinajstić information content (AvgIpc) is 2.60. The van der Waals surface area contributed by atoms with Crippen molar-refractivity contribution in [1.29, 1.82) is 0 Å². The van der Waals surface area contributed by atoms with Crippen molar-refractivity contribution in [2.45, 2.75) is 65.4 Å². The van der Waals surface area contributed by atoms with E-state index in [4.69, 9.17) is 13.9 Å². The molecule has 0 unspecified atom stereocenters. The molecule has 4 saturated carbocycles. The molecule has 148 valence electrons. The summed E-state index contributed by atoms with van der Waals surface area (Å²) in [7, 11) is 0. The van der Waals surface area contributed by atoms with Crippen molar-refractivity contribution >= 4 is 5.97 Å². The molecular weight excluding hydrogens is 344 g/mol. The highest BCUT2D eigenvalue weighted by atomic mass is 16.5. The van der Waals surface area contributed by atoms with Crippen LogP contribution in [-0.2, 0) is 16.1 Å². The minimum atomic E-state index is -0.283. The third-order valence-corrected chi connectivity index (χ3v) is 6.62. The molecular formula is C22H30O5. The zero-order valence-electron chi connectivity index (χ0n) is 16.4. The van der Waals surface area contributed by atoms with E-state index in [2.05, 4.69) is 13.8 Å². The minimum Gasteiger partial charge on any atom is -0.487 e. The molecule has 5 rings (SSSR count). The van der Waals surface area contributed by atoms with Crippen LogP contribution in [0.2, 0.25) is 0 Å². The topological polar surface area (TPSA) is 65.7 Å². The largest absolute Gasteiger partial charge is 0.487 e. The Morgan fingerprint density at radius 1 is 1.19 bits per heavy atom. The first-order valence-corrected chi connectivity index (χ1v) is 10.4. The SMILES string of the molecule is CC(C)CCOc1coc(COC(=O)C23CC4CC(CC(C4)C2)C3)cc1=O. The van der Waals surface area contributed by atoms with Crippen molar-refractivity contribution < 1.29 is 18.7 Å². The van der Waals surface area contributed by atoms with Gasteiger partial charge in [-0.15, -0.1) is 0 Å². The van der Waals surface area contributed by atoms with Crippen molar-refractivity contribution in [2.75, 3.05) is 6.61 Å². The maximum atomic E-state index is 12.9. The van der Waals surface area contributed by atoms with E-state index in [1.807, 2.05) is 0 Å². The monoisotopic (exact) mass is 374 g/mol. The van der Waals surface area contributed by atoms with Crippen LogP contribution in [0.15, 0.2) is 21.5 Å². The second-order valence-corrected chi connectivity index (χ2v) is 9.38. The molecule has 27 heavy (non-hydrogen) atoms. The molecule has 0 aromatic carbocycles. The van der Waals surface area contributed by atoms with E-state index < -0.39 is 0 Å². The van der Waals surface area contributed by atoms with Gasteiger partial charge < -0.3 is 13.9 Å². The van der Waals surface area contributed by atoms with Gasteiger partial charge >= 0.3 is 5.97 Å². The number of hydrogen-bond acceptors (Lipinski definition) is 5. The molecule has 1 aromatic rings. The summed E-state index contributed by atoms with van der Waals surface area (Å²) >= 11 is 0. The Morgan fingerprint density at radius 3 is 2.37 bits per heavy atom. The molecule has 0 amide bonds. The van der Waals surface area contributed by atoms with Gasteiger partial charge in [0.25, 0.3) is 0 Å². The Morgan fingerprint density at radius 2 is 1.81 bits per heavy atom. The lowest BCUT2D eigenvalue weighted by Gasteiger charge is -2.55. The number of carbonyl (C=O) groups excluding carboxylic acids is 1. The molecule has 5 heteroatoms. The number of carbonyl (C=O) groups is 1. The van der Waals surface area contributed by atoms with Crippen molar-refractivity contribution in [3.63, 3.8) is 0 Å². The molecule has 4 aliphatic carbocycles. The van der Waals surface area contributed by atoms with Gasteiger partial charge in [0.15, 0.2) is 0 Å². The second-order valence-electron chi connectivity index (χ2n) is 9.38. The van der Waals surface area contributed by atoms with Crippen LogP contribution in [0.3, 0.4) is 0 Å². The Labute approximate surface area is 160 Å². The highest BCUT2D eigenvalue weighted by molar-refractivity contribution is 5.77. The first-order valence-electron chi connectivity index (χ1n) is 10.4. The Hall–Kier alpha value is -1.78. The highest BCUT2D eigenvalue weighted by Gasteiger charge is 2.55. The predicted molar refractivity (Wildman–Crippen MR) is 100 cm³/mol. The third kappa shape index (κ3) is 3.92. The van der Waals surface area contributed by atoms with Gasteiger partial charge in [-0.1, -0.05) is 13.8 Å². The van der Waals surface area contributed by atoms with Crippen LogP contribution in [-0.4, -0.2) is 12.6 Å². The molecule has 0 atom stereocenters. The summed E-state index contributed by atoms with van der Waals surface area (Å²) < 4.78 is 16.6. The van der Waals surface area contributed by atoms with Gasteiger partial charge in [0.1, 0.15) is 18.6 Å².